The summed E-state index contributed by atoms with van der Waals surface area (Å²) in [5.41, 5.74) is 0. The van der Waals surface area contributed by atoms with Gasteiger partial charge in [-0.15, -0.1) is 0 Å². The van der Waals surface area contributed by atoms with Crippen LogP contribution in [0.15, 0.2) is 60.8 Å². The van der Waals surface area contributed by atoms with E-state index in [0.29, 0.717) is 19.3 Å². The van der Waals surface area contributed by atoms with E-state index in [4.69, 9.17) is 14.2 Å². The molecule has 0 saturated carbocycles. The molecule has 0 aromatic rings. The molecule has 0 radical (unpaired) electrons. The highest BCUT2D eigenvalue weighted by Crippen LogP contribution is 2.18. The molecule has 460 valence electrons. The van der Waals surface area contributed by atoms with Crippen LogP contribution in [0.2, 0.25) is 0 Å². The predicted molar refractivity (Wildman–Crippen MR) is 344 cm³/mol. The largest absolute Gasteiger partial charge is 0.462 e. The second-order valence-corrected chi connectivity index (χ2v) is 23.4. The Labute approximate surface area is 491 Å². The Morgan fingerprint density at radius 2 is 0.506 bits per heavy atom. The molecule has 0 spiro atoms. The van der Waals surface area contributed by atoms with Crippen LogP contribution in [0.3, 0.4) is 0 Å². The van der Waals surface area contributed by atoms with E-state index in [1.807, 2.05) is 0 Å². The third-order valence-corrected chi connectivity index (χ3v) is 15.5. The van der Waals surface area contributed by atoms with Crippen molar-refractivity contribution in [1.29, 1.82) is 0 Å². The van der Waals surface area contributed by atoms with Gasteiger partial charge in [-0.3, -0.25) is 14.4 Å². The summed E-state index contributed by atoms with van der Waals surface area (Å²) < 4.78 is 16.9. The van der Waals surface area contributed by atoms with Crippen LogP contribution < -0.4 is 0 Å². The topological polar surface area (TPSA) is 78.9 Å². The third kappa shape index (κ3) is 65.8. The van der Waals surface area contributed by atoms with Gasteiger partial charge < -0.3 is 14.2 Å². The van der Waals surface area contributed by atoms with E-state index in [1.54, 1.807) is 0 Å². The molecule has 0 heterocycles. The van der Waals surface area contributed by atoms with Crippen LogP contribution in [0.1, 0.15) is 367 Å². The minimum atomic E-state index is -0.798. The number of rotatable bonds is 64. The lowest BCUT2D eigenvalue weighted by Crippen LogP contribution is -2.30. The van der Waals surface area contributed by atoms with E-state index < -0.39 is 6.10 Å². The van der Waals surface area contributed by atoms with Crippen LogP contribution >= 0.6 is 0 Å². The number of carbonyl (C=O) groups excluding carboxylic acids is 3. The maximum Gasteiger partial charge on any atom is 0.306 e. The first-order valence-electron chi connectivity index (χ1n) is 34.8. The highest BCUT2D eigenvalue weighted by Gasteiger charge is 2.19. The van der Waals surface area contributed by atoms with Gasteiger partial charge in [-0.1, -0.05) is 332 Å². The molecule has 1 unspecified atom stereocenters. The highest BCUT2D eigenvalue weighted by molar-refractivity contribution is 5.71. The van der Waals surface area contributed by atoms with Crippen LogP contribution in [0, 0.1) is 0 Å². The predicted octanol–water partition coefficient (Wildman–Crippen LogP) is 23.9. The number of carbonyl (C=O) groups is 3. The van der Waals surface area contributed by atoms with Crippen molar-refractivity contribution in [3.8, 4) is 0 Å². The van der Waals surface area contributed by atoms with Crippen LogP contribution in [-0.4, -0.2) is 37.2 Å². The lowest BCUT2D eigenvalue weighted by molar-refractivity contribution is -0.167. The van der Waals surface area contributed by atoms with Crippen LogP contribution in [0.4, 0.5) is 0 Å². The van der Waals surface area contributed by atoms with E-state index >= 15 is 0 Å². The third-order valence-electron chi connectivity index (χ3n) is 15.5. The molecule has 0 saturated heterocycles. The Balaban J connectivity index is 4.03. The first-order chi connectivity index (χ1) is 39.0. The maximum absolute atomic E-state index is 12.8. The van der Waals surface area contributed by atoms with E-state index in [2.05, 4.69) is 81.5 Å². The molecule has 6 heteroatoms. The molecule has 0 N–H and O–H groups in total. The second-order valence-electron chi connectivity index (χ2n) is 23.4. The van der Waals surface area contributed by atoms with Crippen molar-refractivity contribution in [3.05, 3.63) is 60.8 Å². The molecule has 6 nitrogen and oxygen atoms in total. The molecule has 79 heavy (non-hydrogen) atoms. The van der Waals surface area contributed by atoms with Crippen molar-refractivity contribution in [1.82, 2.24) is 0 Å². The van der Waals surface area contributed by atoms with Crippen molar-refractivity contribution in [3.63, 3.8) is 0 Å². The number of allylic oxidation sites excluding steroid dienone is 10. The summed E-state index contributed by atoms with van der Waals surface area (Å²) in [7, 11) is 0. The highest BCUT2D eigenvalue weighted by atomic mass is 16.6. The van der Waals surface area contributed by atoms with Crippen molar-refractivity contribution in [2.24, 2.45) is 0 Å². The zero-order valence-electron chi connectivity index (χ0n) is 52.9. The van der Waals surface area contributed by atoms with Crippen molar-refractivity contribution < 1.29 is 28.6 Å². The average Bonchev–Trinajstić information content (AvgIpc) is 3.45. The summed E-state index contributed by atoms with van der Waals surface area (Å²) in [4.78, 5) is 38.2. The summed E-state index contributed by atoms with van der Waals surface area (Å²) in [6, 6.07) is 0. The minimum absolute atomic E-state index is 0.0909. The number of esters is 3. The number of hydrogen-bond acceptors (Lipinski definition) is 6. The molecular weight excluding hydrogens is 973 g/mol. The van der Waals surface area contributed by atoms with Gasteiger partial charge in [0.1, 0.15) is 13.2 Å². The normalized spacial score (nSPS) is 12.4. The molecule has 0 rings (SSSR count). The minimum Gasteiger partial charge on any atom is -0.462 e. The standard InChI is InChI=1S/C73H132O6/c1-4-7-10-13-16-19-22-24-26-27-28-29-30-31-32-33-34-35-36-37-38-39-40-41-42-43-44-45-47-48-51-54-57-60-63-66-72(75)78-69-70(68-77-71(74)65-62-59-56-53-50-21-18-15-12-9-6-3)79-73(76)67-64-61-58-55-52-49-46-25-23-20-17-14-11-8-5-2/h8,11,15,17-18,20,25,46,52,55,70H,4-7,9-10,12-14,16,19,21-24,26-45,47-51,53-54,56-69H2,1-3H3/b11-8-,18-15-,20-17-,46-25-,55-52-. The van der Waals surface area contributed by atoms with Crippen molar-refractivity contribution in [2.45, 2.75) is 374 Å². The molecule has 0 amide bonds. The smallest absolute Gasteiger partial charge is 0.306 e. The van der Waals surface area contributed by atoms with Gasteiger partial charge in [0.2, 0.25) is 0 Å². The van der Waals surface area contributed by atoms with Crippen LogP contribution in [-0.2, 0) is 28.6 Å². The zero-order chi connectivity index (χ0) is 57.1. The Kier molecular flexibility index (Phi) is 65.1. The second kappa shape index (κ2) is 67.6. The van der Waals surface area contributed by atoms with Crippen molar-refractivity contribution >= 4 is 17.9 Å². The molecule has 0 aliphatic rings. The Hall–Kier alpha value is -2.89. The first kappa shape index (κ1) is 76.1. The van der Waals surface area contributed by atoms with E-state index in [0.717, 1.165) is 83.5 Å². The molecule has 0 aromatic carbocycles. The van der Waals surface area contributed by atoms with E-state index in [9.17, 15) is 14.4 Å². The fraction of sp³-hybridized carbons (Fsp3) is 0.822. The van der Waals surface area contributed by atoms with E-state index in [1.165, 1.54) is 238 Å². The molecule has 0 fully saturated rings. The Morgan fingerprint density at radius 1 is 0.266 bits per heavy atom. The molecule has 0 aliphatic carbocycles. The molecular formula is C73H132O6. The number of ether oxygens (including phenoxy) is 3. The summed E-state index contributed by atoms with van der Waals surface area (Å²) in [6.45, 7) is 6.49. The van der Waals surface area contributed by atoms with Gasteiger partial charge in [-0.2, -0.15) is 0 Å². The SMILES string of the molecule is CC/C=C\C/C=C\C/C=C\C/C=C\CCCCC(=O)OC(COC(=O)CCCCCCC/C=C\CCCC)COC(=O)CCCCCCCCCCCCCCCCCCCCCCCCCCCCCCCCCCCCC. The van der Waals surface area contributed by atoms with Gasteiger partial charge >= 0.3 is 17.9 Å². The average molecular weight is 1110 g/mol. The lowest BCUT2D eigenvalue weighted by Gasteiger charge is -2.18. The van der Waals surface area contributed by atoms with Gasteiger partial charge in [0.25, 0.3) is 0 Å². The summed E-state index contributed by atoms with van der Waals surface area (Å²) in [5, 5.41) is 0. The lowest BCUT2D eigenvalue weighted by atomic mass is 10.0. The summed E-state index contributed by atoms with van der Waals surface area (Å²) in [5.74, 6) is -0.928. The van der Waals surface area contributed by atoms with E-state index in [-0.39, 0.29) is 37.5 Å². The Morgan fingerprint density at radius 3 is 0.848 bits per heavy atom. The molecule has 1 atom stereocenters. The van der Waals surface area contributed by atoms with Crippen LogP contribution in [0.25, 0.3) is 0 Å². The maximum atomic E-state index is 12.8. The molecule has 0 aliphatic heterocycles. The van der Waals surface area contributed by atoms with Gasteiger partial charge in [0.05, 0.1) is 0 Å². The first-order valence-corrected chi connectivity index (χ1v) is 34.8. The van der Waals surface area contributed by atoms with Gasteiger partial charge in [-0.25, -0.2) is 0 Å². The quantitative estimate of drug-likeness (QED) is 0.0261. The van der Waals surface area contributed by atoms with Gasteiger partial charge in [0, 0.05) is 19.3 Å². The molecule has 0 bridgehead atoms. The summed E-state index contributed by atoms with van der Waals surface area (Å²) in [6.07, 6.45) is 87.2. The van der Waals surface area contributed by atoms with Gasteiger partial charge in [-0.05, 0) is 77.0 Å². The summed E-state index contributed by atoms with van der Waals surface area (Å²) >= 11 is 0. The van der Waals surface area contributed by atoms with Crippen LogP contribution in [0.5, 0.6) is 0 Å². The zero-order valence-corrected chi connectivity index (χ0v) is 52.9. The fourth-order valence-corrected chi connectivity index (χ4v) is 10.3. The number of unbranched alkanes of at least 4 members (excludes halogenated alkanes) is 43. The number of hydrogen-bond donors (Lipinski definition) is 0. The Bertz CT molecular complexity index is 1410. The van der Waals surface area contributed by atoms with Gasteiger partial charge in [0.15, 0.2) is 6.10 Å². The van der Waals surface area contributed by atoms with Crippen molar-refractivity contribution in [2.75, 3.05) is 13.2 Å². The monoisotopic (exact) mass is 1110 g/mol. The fourth-order valence-electron chi connectivity index (χ4n) is 10.3. The molecule has 0 aromatic heterocycles.